The second-order valence-corrected chi connectivity index (χ2v) is 4.71. The molecule has 1 fully saturated rings. The molecule has 0 amide bonds. The van der Waals surface area contributed by atoms with Crippen LogP contribution in [0.3, 0.4) is 0 Å². The molecule has 1 aliphatic rings. The van der Waals surface area contributed by atoms with E-state index in [0.717, 1.165) is 24.8 Å². The van der Waals surface area contributed by atoms with Crippen LogP contribution in [0.4, 0.5) is 0 Å². The van der Waals surface area contributed by atoms with Gasteiger partial charge in [-0.05, 0) is 49.0 Å². The lowest BCUT2D eigenvalue weighted by Crippen LogP contribution is -2.23. The van der Waals surface area contributed by atoms with E-state index in [0.29, 0.717) is 5.22 Å². The third-order valence-corrected chi connectivity index (χ3v) is 3.29. The first kappa shape index (κ1) is 11.0. The fraction of sp³-hybridized carbons (Fsp3) is 0.667. The Morgan fingerprint density at radius 2 is 2.07 bits per heavy atom. The highest BCUT2D eigenvalue weighted by Gasteiger charge is 2.12. The second-order valence-electron chi connectivity index (χ2n) is 4.34. The van der Waals surface area contributed by atoms with Crippen LogP contribution < -0.4 is 5.32 Å². The highest BCUT2D eigenvalue weighted by atomic mass is 35.5. The zero-order valence-corrected chi connectivity index (χ0v) is 9.72. The average molecular weight is 228 g/mol. The molecule has 2 rings (SSSR count). The number of nitrogens with one attached hydrogen (secondary N) is 1. The Balaban J connectivity index is 1.65. The molecule has 1 saturated carbocycles. The molecule has 0 saturated heterocycles. The maximum absolute atomic E-state index is 5.69. The van der Waals surface area contributed by atoms with E-state index in [1.54, 1.807) is 6.07 Å². The van der Waals surface area contributed by atoms with Crippen LogP contribution in [0.1, 0.15) is 37.9 Å². The molecule has 0 aromatic carbocycles. The summed E-state index contributed by atoms with van der Waals surface area (Å²) < 4.78 is 5.28. The summed E-state index contributed by atoms with van der Waals surface area (Å²) >= 11 is 5.69. The van der Waals surface area contributed by atoms with E-state index in [9.17, 15) is 0 Å². The van der Waals surface area contributed by atoms with Crippen LogP contribution in [0.15, 0.2) is 16.5 Å². The molecule has 1 aromatic heterocycles. The molecule has 0 radical (unpaired) electrons. The SMILES string of the molecule is Clc1ccc(CNCC2CCCCC2)o1. The van der Waals surface area contributed by atoms with Gasteiger partial charge in [0.25, 0.3) is 0 Å². The second kappa shape index (κ2) is 5.57. The van der Waals surface area contributed by atoms with Crippen LogP contribution >= 0.6 is 11.6 Å². The van der Waals surface area contributed by atoms with Gasteiger partial charge < -0.3 is 9.73 Å². The van der Waals surface area contributed by atoms with Gasteiger partial charge in [-0.2, -0.15) is 0 Å². The molecular formula is C12H18ClNO. The van der Waals surface area contributed by atoms with E-state index in [4.69, 9.17) is 16.0 Å². The van der Waals surface area contributed by atoms with Crippen LogP contribution in [0.2, 0.25) is 5.22 Å². The normalized spacial score (nSPS) is 18.2. The van der Waals surface area contributed by atoms with E-state index in [1.165, 1.54) is 32.1 Å². The third kappa shape index (κ3) is 3.54. The largest absolute Gasteiger partial charge is 0.448 e. The van der Waals surface area contributed by atoms with Crippen molar-refractivity contribution >= 4 is 11.6 Å². The molecule has 0 spiro atoms. The van der Waals surface area contributed by atoms with E-state index in [1.807, 2.05) is 6.07 Å². The lowest BCUT2D eigenvalue weighted by atomic mass is 9.89. The first-order chi connectivity index (χ1) is 7.34. The summed E-state index contributed by atoms with van der Waals surface area (Å²) in [6, 6.07) is 3.72. The van der Waals surface area contributed by atoms with Crippen molar-refractivity contribution in [1.82, 2.24) is 5.32 Å². The molecule has 0 unspecified atom stereocenters. The van der Waals surface area contributed by atoms with E-state index < -0.39 is 0 Å². The third-order valence-electron chi connectivity index (χ3n) is 3.09. The minimum Gasteiger partial charge on any atom is -0.448 e. The van der Waals surface area contributed by atoms with Gasteiger partial charge in [-0.15, -0.1) is 0 Å². The van der Waals surface area contributed by atoms with Gasteiger partial charge in [0, 0.05) is 0 Å². The molecule has 2 nitrogen and oxygen atoms in total. The summed E-state index contributed by atoms with van der Waals surface area (Å²) in [7, 11) is 0. The first-order valence-corrected chi connectivity index (χ1v) is 6.17. The molecule has 1 aromatic rings. The van der Waals surface area contributed by atoms with Gasteiger partial charge in [0.1, 0.15) is 5.76 Å². The quantitative estimate of drug-likeness (QED) is 0.850. The van der Waals surface area contributed by atoms with Gasteiger partial charge in [-0.25, -0.2) is 0 Å². The summed E-state index contributed by atoms with van der Waals surface area (Å²) in [5.74, 6) is 1.79. The van der Waals surface area contributed by atoms with Crippen LogP contribution in [0.5, 0.6) is 0 Å². The molecule has 1 heterocycles. The number of hydrogen-bond acceptors (Lipinski definition) is 2. The van der Waals surface area contributed by atoms with E-state index in [-0.39, 0.29) is 0 Å². The molecule has 1 N–H and O–H groups in total. The fourth-order valence-electron chi connectivity index (χ4n) is 2.24. The van der Waals surface area contributed by atoms with Crippen molar-refractivity contribution in [3.63, 3.8) is 0 Å². The summed E-state index contributed by atoms with van der Waals surface area (Å²) in [5, 5.41) is 3.91. The fourth-order valence-corrected chi connectivity index (χ4v) is 2.40. The predicted molar refractivity (Wildman–Crippen MR) is 62.0 cm³/mol. The van der Waals surface area contributed by atoms with Gasteiger partial charge in [0.15, 0.2) is 5.22 Å². The number of hydrogen-bond donors (Lipinski definition) is 1. The Morgan fingerprint density at radius 1 is 1.27 bits per heavy atom. The summed E-state index contributed by atoms with van der Waals surface area (Å²) in [4.78, 5) is 0. The monoisotopic (exact) mass is 227 g/mol. The van der Waals surface area contributed by atoms with Crippen molar-refractivity contribution < 1.29 is 4.42 Å². The Hall–Kier alpha value is -0.470. The van der Waals surface area contributed by atoms with Gasteiger partial charge in [-0.3, -0.25) is 0 Å². The number of furan rings is 1. The minimum absolute atomic E-state index is 0.476. The van der Waals surface area contributed by atoms with Crippen molar-refractivity contribution in [3.8, 4) is 0 Å². The maximum Gasteiger partial charge on any atom is 0.193 e. The van der Waals surface area contributed by atoms with Crippen molar-refractivity contribution in [2.45, 2.75) is 38.6 Å². The van der Waals surface area contributed by atoms with Crippen molar-refractivity contribution in [1.29, 1.82) is 0 Å². The molecular weight excluding hydrogens is 210 g/mol. The van der Waals surface area contributed by atoms with Gasteiger partial charge in [-0.1, -0.05) is 19.3 Å². The summed E-state index contributed by atoms with van der Waals surface area (Å²) in [6.45, 7) is 1.90. The van der Waals surface area contributed by atoms with E-state index >= 15 is 0 Å². The molecule has 3 heteroatoms. The number of rotatable bonds is 4. The van der Waals surface area contributed by atoms with Crippen molar-refractivity contribution in [3.05, 3.63) is 23.1 Å². The molecule has 0 aliphatic heterocycles. The molecule has 1 aliphatic carbocycles. The van der Waals surface area contributed by atoms with Crippen molar-refractivity contribution in [2.24, 2.45) is 5.92 Å². The van der Waals surface area contributed by atoms with Gasteiger partial charge in [0.05, 0.1) is 6.54 Å². The highest BCUT2D eigenvalue weighted by molar-refractivity contribution is 6.28. The first-order valence-electron chi connectivity index (χ1n) is 5.79. The molecule has 0 bridgehead atoms. The molecule has 0 atom stereocenters. The van der Waals surface area contributed by atoms with Crippen LogP contribution in [-0.4, -0.2) is 6.54 Å². The summed E-state index contributed by atoms with van der Waals surface area (Å²) in [5.41, 5.74) is 0. The molecule has 15 heavy (non-hydrogen) atoms. The maximum atomic E-state index is 5.69. The highest BCUT2D eigenvalue weighted by Crippen LogP contribution is 2.22. The van der Waals surface area contributed by atoms with Gasteiger partial charge >= 0.3 is 0 Å². The lowest BCUT2D eigenvalue weighted by molar-refractivity contribution is 0.336. The smallest absolute Gasteiger partial charge is 0.193 e. The number of halogens is 1. The van der Waals surface area contributed by atoms with Crippen LogP contribution in [0, 0.1) is 5.92 Å². The Bertz CT molecular complexity index is 292. The minimum atomic E-state index is 0.476. The predicted octanol–water partition coefficient (Wildman–Crippen LogP) is 3.60. The standard InChI is InChI=1S/C12H18ClNO/c13-12-7-6-11(15-12)9-14-8-10-4-2-1-3-5-10/h6-7,10,14H,1-5,8-9H2. The topological polar surface area (TPSA) is 25.2 Å². The average Bonchev–Trinajstić information content (AvgIpc) is 2.66. The van der Waals surface area contributed by atoms with E-state index in [2.05, 4.69) is 5.32 Å². The Labute approximate surface area is 96.0 Å². The summed E-state index contributed by atoms with van der Waals surface area (Å²) in [6.07, 6.45) is 6.99. The van der Waals surface area contributed by atoms with Gasteiger partial charge in [0.2, 0.25) is 0 Å². The molecule has 84 valence electrons. The zero-order valence-electron chi connectivity index (χ0n) is 8.97. The van der Waals surface area contributed by atoms with Crippen LogP contribution in [0.25, 0.3) is 0 Å². The van der Waals surface area contributed by atoms with Crippen LogP contribution in [-0.2, 0) is 6.54 Å². The van der Waals surface area contributed by atoms with Crippen molar-refractivity contribution in [2.75, 3.05) is 6.54 Å². The zero-order chi connectivity index (χ0) is 10.5. The lowest BCUT2D eigenvalue weighted by Gasteiger charge is -2.21. The Morgan fingerprint density at radius 3 is 2.73 bits per heavy atom. The Kier molecular flexibility index (Phi) is 4.09.